The van der Waals surface area contributed by atoms with E-state index >= 15 is 0 Å². The Hall–Kier alpha value is -5.62. The lowest BCUT2D eigenvalue weighted by Crippen LogP contribution is -2.13. The van der Waals surface area contributed by atoms with Gasteiger partial charge in [-0.15, -0.1) is 0 Å². The minimum absolute atomic E-state index is 0.141. The van der Waals surface area contributed by atoms with E-state index in [-0.39, 0.29) is 21.7 Å². The van der Waals surface area contributed by atoms with Crippen molar-refractivity contribution in [1.82, 2.24) is 8.80 Å². The van der Waals surface area contributed by atoms with Gasteiger partial charge >= 0.3 is 0 Å². The second-order valence-electron chi connectivity index (χ2n) is 10.7. The van der Waals surface area contributed by atoms with Crippen molar-refractivity contribution >= 4 is 87.0 Å². The van der Waals surface area contributed by atoms with E-state index in [2.05, 4.69) is 0 Å². The van der Waals surface area contributed by atoms with Crippen LogP contribution in [0.5, 0.6) is 0 Å². The van der Waals surface area contributed by atoms with Gasteiger partial charge in [-0.2, -0.15) is 0 Å². The molecule has 0 aliphatic heterocycles. The largest absolute Gasteiger partial charge is 0.307 e. The monoisotopic (exact) mass is 514 g/mol. The summed E-state index contributed by atoms with van der Waals surface area (Å²) in [6.45, 7) is 0. The van der Waals surface area contributed by atoms with Crippen molar-refractivity contribution < 1.29 is 0 Å². The minimum atomic E-state index is -0.141. The number of hydrogen-bond donors (Lipinski definition) is 0. The summed E-state index contributed by atoms with van der Waals surface area (Å²) < 4.78 is 4.05. The highest BCUT2D eigenvalue weighted by Crippen LogP contribution is 2.43. The molecule has 0 unspecified atom stereocenters. The predicted molar refractivity (Wildman–Crippen MR) is 161 cm³/mol. The maximum atomic E-state index is 13.3. The van der Waals surface area contributed by atoms with Crippen molar-refractivity contribution in [3.8, 4) is 0 Å². The third-order valence-electron chi connectivity index (χ3n) is 8.88. The van der Waals surface area contributed by atoms with Crippen LogP contribution in [0, 0.1) is 0 Å². The number of rotatable bonds is 0. The maximum absolute atomic E-state index is 13.3. The van der Waals surface area contributed by atoms with Crippen LogP contribution in [0.3, 0.4) is 0 Å². The lowest BCUT2D eigenvalue weighted by molar-refractivity contribution is 1.29. The number of pyridine rings is 6. The zero-order chi connectivity index (χ0) is 26.6. The number of fused-ring (bicyclic) bond motifs is 4. The van der Waals surface area contributed by atoms with Crippen molar-refractivity contribution in [2.24, 2.45) is 0 Å². The smallest absolute Gasteiger partial charge is 0.190 e. The fourth-order valence-electron chi connectivity index (χ4n) is 7.31. The Morgan fingerprint density at radius 1 is 0.350 bits per heavy atom. The van der Waals surface area contributed by atoms with Crippen molar-refractivity contribution in [2.45, 2.75) is 0 Å². The Morgan fingerprint density at radius 3 is 0.900 bits per heavy atom. The predicted octanol–water partition coefficient (Wildman–Crippen LogP) is 5.46. The molecule has 10 aromatic rings. The van der Waals surface area contributed by atoms with Crippen LogP contribution in [-0.2, 0) is 0 Å². The summed E-state index contributed by atoms with van der Waals surface area (Å²) in [6.07, 6.45) is 0. The van der Waals surface area contributed by atoms with Gasteiger partial charge in [0.05, 0.1) is 33.1 Å². The lowest BCUT2D eigenvalue weighted by atomic mass is 9.91. The van der Waals surface area contributed by atoms with E-state index in [1.165, 1.54) is 0 Å². The molecule has 0 atom stereocenters. The molecule has 6 heteroatoms. The van der Waals surface area contributed by atoms with Crippen molar-refractivity contribution in [1.29, 1.82) is 0 Å². The maximum Gasteiger partial charge on any atom is 0.190 e. The number of benzene rings is 4. The molecule has 10 rings (SSSR count). The van der Waals surface area contributed by atoms with E-state index in [0.717, 1.165) is 54.4 Å². The minimum Gasteiger partial charge on any atom is -0.307 e. The zero-order valence-electron chi connectivity index (χ0n) is 20.6. The average molecular weight is 514 g/mol. The van der Waals surface area contributed by atoms with Crippen LogP contribution in [0.1, 0.15) is 0 Å². The Labute approximate surface area is 221 Å². The number of para-hydroxylation sites is 2. The van der Waals surface area contributed by atoms with Gasteiger partial charge in [-0.1, -0.05) is 36.4 Å². The highest BCUT2D eigenvalue weighted by atomic mass is 16.1. The molecule has 0 radical (unpaired) electrons. The molecule has 0 saturated heterocycles. The molecule has 0 bridgehead atoms. The zero-order valence-corrected chi connectivity index (χ0v) is 20.6. The fourth-order valence-corrected chi connectivity index (χ4v) is 7.31. The van der Waals surface area contributed by atoms with E-state index in [1.54, 1.807) is 60.7 Å². The van der Waals surface area contributed by atoms with Gasteiger partial charge in [0.15, 0.2) is 21.7 Å². The molecule has 0 saturated carbocycles. The quantitative estimate of drug-likeness (QED) is 0.199. The summed E-state index contributed by atoms with van der Waals surface area (Å²) in [5, 5.41) is 7.33. The molecule has 0 spiro atoms. The molecule has 184 valence electrons. The van der Waals surface area contributed by atoms with Crippen LogP contribution in [0.4, 0.5) is 0 Å². The van der Waals surface area contributed by atoms with Gasteiger partial charge < -0.3 is 8.80 Å². The van der Waals surface area contributed by atoms with Crippen LogP contribution in [0.25, 0.3) is 87.0 Å². The lowest BCUT2D eigenvalue weighted by Gasteiger charge is -2.21. The SMILES string of the molecule is O=c1cc2c3ccc4c5c(ccc(c35)c3cc(=O)c5cccc1c5n23)c1cc(=O)c2cccc3c(=O)cc4n1c32. The first kappa shape index (κ1) is 20.4. The van der Waals surface area contributed by atoms with Gasteiger partial charge in [-0.05, 0) is 24.3 Å². The van der Waals surface area contributed by atoms with Gasteiger partial charge in [-0.25, -0.2) is 0 Å². The second-order valence-corrected chi connectivity index (χ2v) is 10.7. The van der Waals surface area contributed by atoms with Crippen molar-refractivity contribution in [2.75, 3.05) is 0 Å². The van der Waals surface area contributed by atoms with Gasteiger partial charge in [0.1, 0.15) is 0 Å². The Balaban J connectivity index is 1.59. The number of nitrogens with zero attached hydrogens (tertiary/aromatic N) is 2. The van der Waals surface area contributed by atoms with Crippen LogP contribution in [0.2, 0.25) is 0 Å². The topological polar surface area (TPSA) is 77.1 Å². The van der Waals surface area contributed by atoms with Crippen LogP contribution in [0.15, 0.2) is 104 Å². The fraction of sp³-hybridized carbons (Fsp3) is 0. The molecule has 6 aromatic heterocycles. The third-order valence-corrected chi connectivity index (χ3v) is 8.88. The molecule has 0 aliphatic rings. The molecule has 6 heterocycles. The standard InChI is InChI=1S/C34H14N2O4/c37-27-11-23-15-7-9-17-25-13-29(39)21-5-2-6-22-30(40)14-26(36(25)34(21)22)18-10-8-16(31(15)32(17)18)24-12-28(38)20-4-1-3-19(27)33(20)35(23)24/h1-14H. The average Bonchev–Trinajstić information content (AvgIpc) is 2.97. The summed E-state index contributed by atoms with van der Waals surface area (Å²) in [5.41, 5.74) is 3.57. The van der Waals surface area contributed by atoms with E-state index in [9.17, 15) is 19.2 Å². The first-order valence-electron chi connectivity index (χ1n) is 13.0. The number of aromatic nitrogens is 2. The van der Waals surface area contributed by atoms with Crippen LogP contribution >= 0.6 is 0 Å². The summed E-state index contributed by atoms with van der Waals surface area (Å²) >= 11 is 0. The van der Waals surface area contributed by atoms with Crippen molar-refractivity contribution in [3.05, 3.63) is 126 Å². The van der Waals surface area contributed by atoms with E-state index in [4.69, 9.17) is 0 Å². The Bertz CT molecular complexity index is 2620. The van der Waals surface area contributed by atoms with E-state index in [1.807, 2.05) is 33.1 Å². The van der Waals surface area contributed by atoms with E-state index in [0.29, 0.717) is 32.6 Å². The molecule has 0 amide bonds. The molecule has 4 aromatic carbocycles. The van der Waals surface area contributed by atoms with Crippen LogP contribution in [-0.4, -0.2) is 8.80 Å². The molecular weight excluding hydrogens is 500 g/mol. The van der Waals surface area contributed by atoms with Gasteiger partial charge in [0.25, 0.3) is 0 Å². The molecular formula is C34H14N2O4. The highest BCUT2D eigenvalue weighted by molar-refractivity contribution is 6.33. The molecule has 0 fully saturated rings. The first-order chi connectivity index (χ1) is 19.5. The normalized spacial score (nSPS) is 12.9. The van der Waals surface area contributed by atoms with Crippen molar-refractivity contribution in [3.63, 3.8) is 0 Å². The molecule has 0 N–H and O–H groups in total. The third kappa shape index (κ3) is 2.06. The Morgan fingerprint density at radius 2 is 0.625 bits per heavy atom. The number of hydrogen-bond acceptors (Lipinski definition) is 4. The summed E-state index contributed by atoms with van der Waals surface area (Å²) in [5.74, 6) is 0. The first-order valence-corrected chi connectivity index (χ1v) is 13.0. The molecule has 0 aliphatic carbocycles. The molecule has 40 heavy (non-hydrogen) atoms. The summed E-state index contributed by atoms with van der Waals surface area (Å²) in [6, 6.07) is 25.1. The van der Waals surface area contributed by atoms with Crippen LogP contribution < -0.4 is 21.7 Å². The summed E-state index contributed by atoms with van der Waals surface area (Å²) in [7, 11) is 0. The van der Waals surface area contributed by atoms with Gasteiger partial charge in [-0.3, -0.25) is 19.2 Å². The Kier molecular flexibility index (Phi) is 3.22. The van der Waals surface area contributed by atoms with E-state index < -0.39 is 0 Å². The van der Waals surface area contributed by atoms with Gasteiger partial charge in [0, 0.05) is 78.1 Å². The van der Waals surface area contributed by atoms with Gasteiger partial charge in [0.2, 0.25) is 0 Å². The summed E-state index contributed by atoms with van der Waals surface area (Å²) in [4.78, 5) is 53.2. The second kappa shape index (κ2) is 6.33. The molecule has 6 nitrogen and oxygen atoms in total. The highest BCUT2D eigenvalue weighted by Gasteiger charge is 2.22.